The highest BCUT2D eigenvalue weighted by Gasteiger charge is 2.42. The van der Waals surface area contributed by atoms with Crippen LogP contribution >= 0.6 is 24.0 Å². The Balaban J connectivity index is 0.00000264. The van der Waals surface area contributed by atoms with Crippen molar-refractivity contribution in [2.75, 3.05) is 45.6 Å². The molecule has 23 heavy (non-hydrogen) atoms. The maximum absolute atomic E-state index is 11.8. The first-order chi connectivity index (χ1) is 10.2. The molecular weight excluding hydrogens is 429 g/mol. The Morgan fingerprint density at radius 2 is 2.09 bits per heavy atom. The van der Waals surface area contributed by atoms with Crippen LogP contribution in [0.15, 0.2) is 4.99 Å². The van der Waals surface area contributed by atoms with Crippen LogP contribution in [0.3, 0.4) is 0 Å². The van der Waals surface area contributed by atoms with Gasteiger partial charge >= 0.3 is 0 Å². The van der Waals surface area contributed by atoms with Gasteiger partial charge in [-0.05, 0) is 33.6 Å². The minimum Gasteiger partial charge on any atom is -0.381 e. The van der Waals surface area contributed by atoms with Crippen LogP contribution in [0, 0.1) is 5.41 Å². The Bertz CT molecular complexity index is 528. The summed E-state index contributed by atoms with van der Waals surface area (Å²) >= 11 is 0. The zero-order valence-electron chi connectivity index (χ0n) is 14.6. The van der Waals surface area contributed by atoms with Crippen LogP contribution in [0.1, 0.15) is 33.6 Å². The smallest absolute Gasteiger partial charge is 0.193 e. The van der Waals surface area contributed by atoms with Gasteiger partial charge in [-0.3, -0.25) is 4.99 Å². The summed E-state index contributed by atoms with van der Waals surface area (Å²) in [7, 11) is -3.13. The summed E-state index contributed by atoms with van der Waals surface area (Å²) in [6.45, 7) is 10.1. The second-order valence-electron chi connectivity index (χ2n) is 7.18. The fourth-order valence-corrected chi connectivity index (χ4v) is 3.19. The van der Waals surface area contributed by atoms with Gasteiger partial charge < -0.3 is 15.0 Å². The average molecular weight is 459 g/mol. The van der Waals surface area contributed by atoms with E-state index >= 15 is 0 Å². The molecule has 6 nitrogen and oxygen atoms in total. The van der Waals surface area contributed by atoms with Crippen molar-refractivity contribution in [3.05, 3.63) is 0 Å². The first kappa shape index (κ1) is 21.0. The standard InChI is InChI=1S/C15H29N3O3S.HI/c1-5-16-13(17-10-14(2,3)22(4,19)20)18-8-6-15(11-18)7-9-21-12-15;/h5-12H2,1-4H3,(H,16,17);1H. The van der Waals surface area contributed by atoms with Crippen molar-refractivity contribution in [3.8, 4) is 0 Å². The molecule has 2 rings (SSSR count). The van der Waals surface area contributed by atoms with Crippen molar-refractivity contribution in [1.82, 2.24) is 10.2 Å². The van der Waals surface area contributed by atoms with Gasteiger partial charge in [-0.2, -0.15) is 0 Å². The van der Waals surface area contributed by atoms with Crippen LogP contribution in [0.5, 0.6) is 0 Å². The molecule has 0 aromatic rings. The van der Waals surface area contributed by atoms with Crippen LogP contribution in [0.25, 0.3) is 0 Å². The van der Waals surface area contributed by atoms with E-state index in [0.29, 0.717) is 0 Å². The summed E-state index contributed by atoms with van der Waals surface area (Å²) in [5, 5.41) is 3.30. The minimum absolute atomic E-state index is 0. The van der Waals surface area contributed by atoms with Crippen LogP contribution in [-0.2, 0) is 14.6 Å². The Labute approximate surface area is 157 Å². The van der Waals surface area contributed by atoms with Crippen molar-refractivity contribution in [1.29, 1.82) is 0 Å². The van der Waals surface area contributed by atoms with Gasteiger partial charge in [0.05, 0.1) is 17.9 Å². The molecule has 0 bridgehead atoms. The highest BCUT2D eigenvalue weighted by Crippen LogP contribution is 2.38. The number of hydrogen-bond donors (Lipinski definition) is 1. The molecule has 2 fully saturated rings. The predicted molar refractivity (Wildman–Crippen MR) is 104 cm³/mol. The van der Waals surface area contributed by atoms with Gasteiger partial charge in [0.2, 0.25) is 0 Å². The number of rotatable bonds is 4. The molecule has 0 aromatic heterocycles. The Morgan fingerprint density at radius 1 is 1.39 bits per heavy atom. The minimum atomic E-state index is -3.13. The Hall–Kier alpha value is -0.0900. The molecule has 8 heteroatoms. The highest BCUT2D eigenvalue weighted by atomic mass is 127. The molecule has 2 aliphatic heterocycles. The van der Waals surface area contributed by atoms with E-state index in [-0.39, 0.29) is 35.9 Å². The molecule has 2 heterocycles. The number of halogens is 1. The molecule has 0 saturated carbocycles. The van der Waals surface area contributed by atoms with Crippen LogP contribution in [0.2, 0.25) is 0 Å². The molecule has 0 radical (unpaired) electrons. The number of likely N-dealkylation sites (tertiary alicyclic amines) is 1. The molecular formula is C15H30IN3O3S. The van der Waals surface area contributed by atoms with E-state index in [9.17, 15) is 8.42 Å². The van der Waals surface area contributed by atoms with Crippen LogP contribution in [-0.4, -0.2) is 69.7 Å². The van der Waals surface area contributed by atoms with Gasteiger partial charge in [0, 0.05) is 37.9 Å². The third kappa shape index (κ3) is 4.94. The Kier molecular flexibility index (Phi) is 7.16. The molecule has 136 valence electrons. The quantitative estimate of drug-likeness (QED) is 0.392. The summed E-state index contributed by atoms with van der Waals surface area (Å²) in [6.07, 6.45) is 3.50. The third-order valence-corrected chi connectivity index (χ3v) is 7.01. The van der Waals surface area contributed by atoms with Gasteiger partial charge in [0.15, 0.2) is 15.8 Å². The second-order valence-corrected chi connectivity index (χ2v) is 9.83. The van der Waals surface area contributed by atoms with Crippen molar-refractivity contribution in [3.63, 3.8) is 0 Å². The average Bonchev–Trinajstić information content (AvgIpc) is 3.04. The van der Waals surface area contributed by atoms with E-state index in [1.807, 2.05) is 6.92 Å². The van der Waals surface area contributed by atoms with Gasteiger partial charge in [-0.25, -0.2) is 8.42 Å². The lowest BCUT2D eigenvalue weighted by molar-refractivity contribution is 0.156. The van der Waals surface area contributed by atoms with Crippen LogP contribution < -0.4 is 5.32 Å². The van der Waals surface area contributed by atoms with E-state index in [2.05, 4.69) is 15.2 Å². The summed E-state index contributed by atoms with van der Waals surface area (Å²) in [5.74, 6) is 0.822. The van der Waals surface area contributed by atoms with Crippen molar-refractivity contribution in [2.24, 2.45) is 10.4 Å². The monoisotopic (exact) mass is 459 g/mol. The molecule has 0 aliphatic carbocycles. The number of ether oxygens (including phenoxy) is 1. The van der Waals surface area contributed by atoms with E-state index in [1.165, 1.54) is 6.26 Å². The first-order valence-corrected chi connectivity index (χ1v) is 9.89. The Morgan fingerprint density at radius 3 is 2.61 bits per heavy atom. The summed E-state index contributed by atoms with van der Waals surface area (Å²) in [5.41, 5.74) is 0.266. The normalized spacial score (nSPS) is 25.7. The maximum Gasteiger partial charge on any atom is 0.193 e. The summed E-state index contributed by atoms with van der Waals surface area (Å²) in [6, 6.07) is 0. The SMILES string of the molecule is CCNC(=NCC(C)(C)S(C)(=O)=O)N1CCC2(CCOC2)C1.I. The highest BCUT2D eigenvalue weighted by molar-refractivity contribution is 14.0. The molecule has 1 spiro atoms. The van der Waals surface area contributed by atoms with Gasteiger partial charge in [-0.1, -0.05) is 0 Å². The second kappa shape index (κ2) is 7.86. The first-order valence-electron chi connectivity index (χ1n) is 8.00. The number of nitrogens with one attached hydrogen (secondary N) is 1. The molecule has 1 N–H and O–H groups in total. The maximum atomic E-state index is 11.8. The lowest BCUT2D eigenvalue weighted by atomic mass is 9.87. The zero-order chi connectivity index (χ0) is 16.4. The third-order valence-electron chi connectivity index (χ3n) is 4.87. The molecule has 0 amide bonds. The zero-order valence-corrected chi connectivity index (χ0v) is 17.7. The van der Waals surface area contributed by atoms with Crippen molar-refractivity contribution in [2.45, 2.75) is 38.4 Å². The number of guanidine groups is 1. The van der Waals surface area contributed by atoms with Crippen molar-refractivity contribution < 1.29 is 13.2 Å². The van der Waals surface area contributed by atoms with Gasteiger partial charge in [-0.15, -0.1) is 24.0 Å². The largest absolute Gasteiger partial charge is 0.381 e. The lowest BCUT2D eigenvalue weighted by Gasteiger charge is -2.26. The topological polar surface area (TPSA) is 71.0 Å². The van der Waals surface area contributed by atoms with E-state index < -0.39 is 14.6 Å². The number of hydrogen-bond acceptors (Lipinski definition) is 4. The number of nitrogens with zero attached hydrogens (tertiary/aromatic N) is 2. The predicted octanol–water partition coefficient (Wildman–Crippen LogP) is 1.51. The van der Waals surface area contributed by atoms with E-state index in [4.69, 9.17) is 4.74 Å². The van der Waals surface area contributed by atoms with E-state index in [1.54, 1.807) is 13.8 Å². The molecule has 1 unspecified atom stereocenters. The number of sulfone groups is 1. The summed E-state index contributed by atoms with van der Waals surface area (Å²) < 4.78 is 28.4. The lowest BCUT2D eigenvalue weighted by Crippen LogP contribution is -2.43. The van der Waals surface area contributed by atoms with Crippen LogP contribution in [0.4, 0.5) is 0 Å². The summed E-state index contributed by atoms with van der Waals surface area (Å²) in [4.78, 5) is 6.85. The van der Waals surface area contributed by atoms with Gasteiger partial charge in [0.1, 0.15) is 0 Å². The number of aliphatic imine (C=N–C) groups is 1. The molecule has 2 saturated heterocycles. The van der Waals surface area contributed by atoms with Gasteiger partial charge in [0.25, 0.3) is 0 Å². The van der Waals surface area contributed by atoms with Crippen molar-refractivity contribution >= 4 is 39.8 Å². The molecule has 2 aliphatic rings. The van der Waals surface area contributed by atoms with E-state index in [0.717, 1.165) is 51.6 Å². The fourth-order valence-electron chi connectivity index (χ4n) is 2.90. The molecule has 0 aromatic carbocycles. The fraction of sp³-hybridized carbons (Fsp3) is 0.933. The molecule has 1 atom stereocenters.